The zero-order valence-corrected chi connectivity index (χ0v) is 7.27. The lowest BCUT2D eigenvalue weighted by atomic mass is 10.1. The smallest absolute Gasteiger partial charge is 0.122 e. The molecule has 0 aliphatic heterocycles. The van der Waals surface area contributed by atoms with Crippen molar-refractivity contribution in [2.45, 2.75) is 20.3 Å². The van der Waals surface area contributed by atoms with Gasteiger partial charge in [0.2, 0.25) is 0 Å². The van der Waals surface area contributed by atoms with Gasteiger partial charge in [-0.3, -0.25) is 0 Å². The number of ether oxygens (including phenoxy) is 1. The number of rotatable bonds is 2. The van der Waals surface area contributed by atoms with Gasteiger partial charge in [-0.2, -0.15) is 0 Å². The fraction of sp³-hybridized carbons (Fsp3) is 0.400. The molecule has 1 radical (unpaired) electrons. The van der Waals surface area contributed by atoms with Gasteiger partial charge in [0.1, 0.15) is 5.75 Å². The Bertz CT molecular complexity index is 218. The number of aryl methyl sites for hydroxylation is 1. The van der Waals surface area contributed by atoms with E-state index in [9.17, 15) is 0 Å². The Labute approximate surface area is 68.0 Å². The number of benzene rings is 1. The van der Waals surface area contributed by atoms with Gasteiger partial charge >= 0.3 is 0 Å². The van der Waals surface area contributed by atoms with Crippen LogP contribution in [0.1, 0.15) is 18.1 Å². The third-order valence-electron chi connectivity index (χ3n) is 1.89. The van der Waals surface area contributed by atoms with Crippen LogP contribution in [0.2, 0.25) is 0 Å². The standard InChI is InChI=1S/C10H13O/c1-4-9-6-5-7-10(11-3)8(9)2/h5,7H,4H2,1-3H3. The van der Waals surface area contributed by atoms with E-state index in [-0.39, 0.29) is 0 Å². The minimum atomic E-state index is 0.959. The maximum absolute atomic E-state index is 5.17. The molecular formula is C10H13O. The Balaban J connectivity index is 3.10. The third-order valence-corrected chi connectivity index (χ3v) is 1.89. The van der Waals surface area contributed by atoms with E-state index in [0.717, 1.165) is 12.2 Å². The van der Waals surface area contributed by atoms with E-state index in [1.54, 1.807) is 7.11 Å². The third kappa shape index (κ3) is 1.53. The highest BCUT2D eigenvalue weighted by molar-refractivity contribution is 5.38. The minimum Gasteiger partial charge on any atom is -0.496 e. The summed E-state index contributed by atoms with van der Waals surface area (Å²) in [5.41, 5.74) is 2.45. The summed E-state index contributed by atoms with van der Waals surface area (Å²) in [6.07, 6.45) is 1.02. The summed E-state index contributed by atoms with van der Waals surface area (Å²) in [6, 6.07) is 7.03. The Kier molecular flexibility index (Phi) is 2.53. The first-order chi connectivity index (χ1) is 5.29. The average molecular weight is 149 g/mol. The Morgan fingerprint density at radius 3 is 2.82 bits per heavy atom. The van der Waals surface area contributed by atoms with Crippen molar-refractivity contribution in [2.75, 3.05) is 7.11 Å². The van der Waals surface area contributed by atoms with Crippen molar-refractivity contribution >= 4 is 0 Å². The predicted molar refractivity (Wildman–Crippen MR) is 45.9 cm³/mol. The molecule has 1 heteroatoms. The molecule has 0 saturated carbocycles. The highest BCUT2D eigenvalue weighted by Crippen LogP contribution is 2.20. The topological polar surface area (TPSA) is 9.23 Å². The van der Waals surface area contributed by atoms with Crippen molar-refractivity contribution in [3.05, 3.63) is 29.3 Å². The van der Waals surface area contributed by atoms with E-state index in [1.807, 2.05) is 12.1 Å². The molecule has 0 fully saturated rings. The molecule has 59 valence electrons. The Hall–Kier alpha value is -0.980. The van der Waals surface area contributed by atoms with Gasteiger partial charge in [0.05, 0.1) is 7.11 Å². The van der Waals surface area contributed by atoms with Crippen molar-refractivity contribution in [1.29, 1.82) is 0 Å². The van der Waals surface area contributed by atoms with Crippen LogP contribution in [0.4, 0.5) is 0 Å². The van der Waals surface area contributed by atoms with Gasteiger partial charge in [-0.25, -0.2) is 0 Å². The summed E-state index contributed by atoms with van der Waals surface area (Å²) < 4.78 is 5.17. The molecule has 1 aromatic rings. The van der Waals surface area contributed by atoms with Gasteiger partial charge in [0.25, 0.3) is 0 Å². The molecule has 0 aromatic heterocycles. The van der Waals surface area contributed by atoms with E-state index >= 15 is 0 Å². The van der Waals surface area contributed by atoms with E-state index in [0.29, 0.717) is 0 Å². The van der Waals surface area contributed by atoms with Gasteiger partial charge in [-0.15, -0.1) is 0 Å². The maximum Gasteiger partial charge on any atom is 0.122 e. The van der Waals surface area contributed by atoms with E-state index in [4.69, 9.17) is 4.74 Å². The SMILES string of the molecule is CCc1[c]ccc(OC)c1C. The van der Waals surface area contributed by atoms with Crippen LogP contribution in [-0.2, 0) is 6.42 Å². The van der Waals surface area contributed by atoms with Crippen molar-refractivity contribution in [3.63, 3.8) is 0 Å². The second-order valence-electron chi connectivity index (χ2n) is 2.50. The van der Waals surface area contributed by atoms with Gasteiger partial charge in [0.15, 0.2) is 0 Å². The highest BCUT2D eigenvalue weighted by Gasteiger charge is 2.00. The quantitative estimate of drug-likeness (QED) is 0.627. The van der Waals surface area contributed by atoms with Crippen molar-refractivity contribution in [1.82, 2.24) is 0 Å². The molecule has 1 nitrogen and oxygen atoms in total. The number of methoxy groups -OCH3 is 1. The first-order valence-electron chi connectivity index (χ1n) is 3.83. The molecule has 0 aliphatic rings. The first kappa shape index (κ1) is 8.12. The lowest BCUT2D eigenvalue weighted by molar-refractivity contribution is 0.411. The zero-order chi connectivity index (χ0) is 8.27. The molecular weight excluding hydrogens is 136 g/mol. The maximum atomic E-state index is 5.17. The Morgan fingerprint density at radius 1 is 1.55 bits per heavy atom. The molecule has 0 unspecified atom stereocenters. The summed E-state index contributed by atoms with van der Waals surface area (Å²) in [7, 11) is 1.70. The second-order valence-corrected chi connectivity index (χ2v) is 2.50. The molecule has 0 aliphatic carbocycles. The van der Waals surface area contributed by atoms with Crippen molar-refractivity contribution < 1.29 is 4.74 Å². The van der Waals surface area contributed by atoms with Crippen LogP contribution in [0, 0.1) is 13.0 Å². The fourth-order valence-corrected chi connectivity index (χ4v) is 1.19. The fourth-order valence-electron chi connectivity index (χ4n) is 1.19. The molecule has 0 amide bonds. The number of hydrogen-bond acceptors (Lipinski definition) is 1. The highest BCUT2D eigenvalue weighted by atomic mass is 16.5. The lowest BCUT2D eigenvalue weighted by Gasteiger charge is -2.07. The van der Waals surface area contributed by atoms with Crippen LogP contribution in [0.5, 0.6) is 5.75 Å². The summed E-state index contributed by atoms with van der Waals surface area (Å²) in [6.45, 7) is 4.19. The Morgan fingerprint density at radius 2 is 2.27 bits per heavy atom. The molecule has 0 N–H and O–H groups in total. The summed E-state index contributed by atoms with van der Waals surface area (Å²) >= 11 is 0. The van der Waals surface area contributed by atoms with Crippen LogP contribution in [0.25, 0.3) is 0 Å². The van der Waals surface area contributed by atoms with Crippen LogP contribution in [-0.4, -0.2) is 7.11 Å². The number of hydrogen-bond donors (Lipinski definition) is 0. The zero-order valence-electron chi connectivity index (χ0n) is 7.27. The van der Waals surface area contributed by atoms with Crippen LogP contribution in [0.3, 0.4) is 0 Å². The second kappa shape index (κ2) is 3.42. The summed E-state index contributed by atoms with van der Waals surface area (Å²) in [4.78, 5) is 0. The van der Waals surface area contributed by atoms with Crippen LogP contribution < -0.4 is 4.74 Å². The van der Waals surface area contributed by atoms with E-state index in [1.165, 1.54) is 11.1 Å². The molecule has 0 saturated heterocycles. The molecule has 0 atom stereocenters. The van der Waals surface area contributed by atoms with Crippen molar-refractivity contribution in [3.8, 4) is 5.75 Å². The molecule has 11 heavy (non-hydrogen) atoms. The molecule has 0 bridgehead atoms. The van der Waals surface area contributed by atoms with Gasteiger partial charge in [-0.1, -0.05) is 13.0 Å². The van der Waals surface area contributed by atoms with Gasteiger partial charge < -0.3 is 4.74 Å². The predicted octanol–water partition coefficient (Wildman–Crippen LogP) is 2.37. The van der Waals surface area contributed by atoms with Crippen LogP contribution in [0.15, 0.2) is 12.1 Å². The minimum absolute atomic E-state index is 0.959. The first-order valence-corrected chi connectivity index (χ1v) is 3.83. The monoisotopic (exact) mass is 149 g/mol. The van der Waals surface area contributed by atoms with Crippen LogP contribution >= 0.6 is 0 Å². The van der Waals surface area contributed by atoms with E-state index < -0.39 is 0 Å². The molecule has 1 rings (SSSR count). The normalized spacial score (nSPS) is 9.73. The van der Waals surface area contributed by atoms with Gasteiger partial charge in [-0.05, 0) is 36.6 Å². The largest absolute Gasteiger partial charge is 0.496 e. The molecule has 0 heterocycles. The van der Waals surface area contributed by atoms with E-state index in [2.05, 4.69) is 19.9 Å². The molecule has 0 spiro atoms. The van der Waals surface area contributed by atoms with Gasteiger partial charge in [0, 0.05) is 0 Å². The lowest BCUT2D eigenvalue weighted by Crippen LogP contribution is -1.91. The summed E-state index contributed by atoms with van der Waals surface area (Å²) in [5, 5.41) is 0. The summed E-state index contributed by atoms with van der Waals surface area (Å²) in [5.74, 6) is 0.959. The van der Waals surface area contributed by atoms with Crippen molar-refractivity contribution in [2.24, 2.45) is 0 Å². The molecule has 1 aromatic carbocycles. The average Bonchev–Trinajstić information content (AvgIpc) is 2.05.